The Morgan fingerprint density at radius 1 is 0.415 bits per heavy atom. The average molecular weight is 677 g/mol. The normalized spacial score (nSPS) is 20.0. The molecule has 250 valence electrons. The van der Waals surface area contributed by atoms with E-state index in [1.807, 2.05) is 0 Å². The molecule has 1 heteroatoms. The summed E-state index contributed by atoms with van der Waals surface area (Å²) < 4.78 is 6.77. The van der Waals surface area contributed by atoms with Crippen molar-refractivity contribution in [2.24, 2.45) is 17.8 Å². The molecule has 0 aliphatic heterocycles. The van der Waals surface area contributed by atoms with E-state index in [1.54, 1.807) is 0 Å². The van der Waals surface area contributed by atoms with Crippen LogP contribution in [0.1, 0.15) is 22.6 Å². The van der Waals surface area contributed by atoms with Gasteiger partial charge >= 0.3 is 0 Å². The first-order chi connectivity index (χ1) is 26.2. The summed E-state index contributed by atoms with van der Waals surface area (Å²) in [6.07, 6.45) is 17.0. The van der Waals surface area contributed by atoms with Crippen LogP contribution in [0.4, 0.5) is 0 Å². The van der Waals surface area contributed by atoms with Gasteiger partial charge in [0, 0.05) is 28.0 Å². The molecule has 0 saturated heterocycles. The molecular weight excluding hydrogens is 641 g/mol. The monoisotopic (exact) mass is 676 g/mol. The van der Waals surface area contributed by atoms with Crippen LogP contribution in [-0.2, 0) is 0 Å². The van der Waals surface area contributed by atoms with Crippen molar-refractivity contribution in [1.29, 1.82) is 0 Å². The number of rotatable bonds is 4. The van der Waals surface area contributed by atoms with Gasteiger partial charge in [-0.15, -0.1) is 0 Å². The number of hydrogen-bond donors (Lipinski definition) is 0. The van der Waals surface area contributed by atoms with Gasteiger partial charge in [0.2, 0.25) is 0 Å². The molecule has 11 rings (SSSR count). The predicted molar refractivity (Wildman–Crippen MR) is 222 cm³/mol. The second-order valence-corrected chi connectivity index (χ2v) is 14.8. The molecule has 0 radical (unpaired) electrons. The second kappa shape index (κ2) is 12.1. The molecule has 0 spiro atoms. The highest BCUT2D eigenvalue weighted by Gasteiger charge is 2.37. The first-order valence-electron chi connectivity index (χ1n) is 18.8. The molecule has 0 bridgehead atoms. The summed E-state index contributed by atoms with van der Waals surface area (Å²) in [7, 11) is 0. The van der Waals surface area contributed by atoms with Gasteiger partial charge in [-0.1, -0.05) is 158 Å². The molecule has 1 heterocycles. The molecule has 3 aliphatic carbocycles. The Morgan fingerprint density at radius 3 is 1.96 bits per heavy atom. The minimum atomic E-state index is 0.359. The fourth-order valence-electron chi connectivity index (χ4n) is 9.23. The Kier molecular flexibility index (Phi) is 6.88. The van der Waals surface area contributed by atoms with Crippen molar-refractivity contribution in [3.05, 3.63) is 205 Å². The summed E-state index contributed by atoms with van der Waals surface area (Å²) >= 11 is 0. The van der Waals surface area contributed by atoms with Crippen LogP contribution in [0, 0.1) is 17.8 Å². The lowest BCUT2D eigenvalue weighted by Gasteiger charge is -2.40. The number of allylic oxidation sites excluding steroid dienone is 7. The smallest absolute Gasteiger partial charge is 0.143 e. The maximum atomic E-state index is 6.77. The van der Waals surface area contributed by atoms with Gasteiger partial charge in [0.1, 0.15) is 11.2 Å². The summed E-state index contributed by atoms with van der Waals surface area (Å²) in [5.41, 5.74) is 14.3. The minimum Gasteiger partial charge on any atom is -0.455 e. The van der Waals surface area contributed by atoms with Crippen LogP contribution in [0.25, 0.3) is 77.7 Å². The van der Waals surface area contributed by atoms with E-state index in [-0.39, 0.29) is 0 Å². The van der Waals surface area contributed by atoms with Crippen molar-refractivity contribution < 1.29 is 4.42 Å². The predicted octanol–water partition coefficient (Wildman–Crippen LogP) is 13.9. The number of fused-ring (bicyclic) bond motifs is 10. The van der Waals surface area contributed by atoms with Crippen LogP contribution in [-0.4, -0.2) is 0 Å². The summed E-state index contributed by atoms with van der Waals surface area (Å²) in [5.74, 6) is 1.71. The second-order valence-electron chi connectivity index (χ2n) is 14.8. The summed E-state index contributed by atoms with van der Waals surface area (Å²) in [5, 5.41) is 4.63. The van der Waals surface area contributed by atoms with E-state index in [0.717, 1.165) is 32.9 Å². The molecule has 4 atom stereocenters. The fourth-order valence-corrected chi connectivity index (χ4v) is 9.23. The van der Waals surface area contributed by atoms with E-state index >= 15 is 0 Å². The number of benzene rings is 7. The van der Waals surface area contributed by atoms with Gasteiger partial charge in [0.25, 0.3) is 0 Å². The lowest BCUT2D eigenvalue weighted by Crippen LogP contribution is -2.30. The first kappa shape index (κ1) is 30.2. The standard InChI is InChI=1S/C52H36O/c1-3-11-33(12-4-1)39-28-40(36-20-23-43-38(27-36)22-25-45-42-16-8-7-15-35(42)19-24-46(43)45)30-41(29-39)37-21-26-47-50-32-49(34-13-5-2-6-14-34)44-17-9-10-18-48(44)52(50)53-51(47)31-37/h1-32,38,43,45-46H. The quantitative estimate of drug-likeness (QED) is 0.169. The van der Waals surface area contributed by atoms with Crippen molar-refractivity contribution in [2.45, 2.75) is 5.92 Å². The van der Waals surface area contributed by atoms with Gasteiger partial charge in [-0.3, -0.25) is 0 Å². The molecule has 3 aliphatic rings. The number of hydrogen-bond acceptors (Lipinski definition) is 1. The topological polar surface area (TPSA) is 13.1 Å². The molecule has 1 aromatic heterocycles. The summed E-state index contributed by atoms with van der Waals surface area (Å²) in [6, 6.07) is 55.0. The fraction of sp³-hybridized carbons (Fsp3) is 0.0769. The Bertz CT molecular complexity index is 2850. The third-order valence-corrected chi connectivity index (χ3v) is 11.8. The van der Waals surface area contributed by atoms with E-state index in [2.05, 4.69) is 194 Å². The Balaban J connectivity index is 1.02. The molecule has 1 nitrogen and oxygen atoms in total. The SMILES string of the molecule is C1=CC2C(C=CC3c4ccccc4C=CC32)C=C1c1cc(-c2ccccc2)cc(-c2ccc3c(c2)oc2c4ccccc4c(-c4ccccc4)cc32)c1. The average Bonchev–Trinajstić information content (AvgIpc) is 3.61. The Morgan fingerprint density at radius 2 is 1.11 bits per heavy atom. The Labute approximate surface area is 309 Å². The largest absolute Gasteiger partial charge is 0.455 e. The molecular formula is C52H36O. The minimum absolute atomic E-state index is 0.359. The van der Waals surface area contributed by atoms with Crippen molar-refractivity contribution in [3.8, 4) is 33.4 Å². The third kappa shape index (κ3) is 4.99. The van der Waals surface area contributed by atoms with E-state index in [1.165, 1.54) is 55.5 Å². The van der Waals surface area contributed by atoms with Crippen LogP contribution in [0.3, 0.4) is 0 Å². The number of furan rings is 1. The molecule has 0 amide bonds. The molecule has 0 saturated carbocycles. The highest BCUT2D eigenvalue weighted by atomic mass is 16.3. The summed E-state index contributed by atoms with van der Waals surface area (Å²) in [4.78, 5) is 0. The summed E-state index contributed by atoms with van der Waals surface area (Å²) in [6.45, 7) is 0. The van der Waals surface area contributed by atoms with E-state index in [4.69, 9.17) is 4.42 Å². The molecule has 4 unspecified atom stereocenters. The van der Waals surface area contributed by atoms with Crippen LogP contribution in [0.15, 0.2) is 193 Å². The molecule has 7 aromatic carbocycles. The van der Waals surface area contributed by atoms with Crippen molar-refractivity contribution in [1.82, 2.24) is 0 Å². The zero-order chi connectivity index (χ0) is 34.9. The van der Waals surface area contributed by atoms with Crippen molar-refractivity contribution in [2.75, 3.05) is 0 Å². The van der Waals surface area contributed by atoms with E-state index < -0.39 is 0 Å². The zero-order valence-corrected chi connectivity index (χ0v) is 29.2. The maximum Gasteiger partial charge on any atom is 0.143 e. The van der Waals surface area contributed by atoms with E-state index in [0.29, 0.717) is 23.7 Å². The van der Waals surface area contributed by atoms with Crippen molar-refractivity contribution in [3.63, 3.8) is 0 Å². The van der Waals surface area contributed by atoms with Gasteiger partial charge in [-0.2, -0.15) is 0 Å². The Hall–Kier alpha value is -6.44. The maximum absolute atomic E-state index is 6.77. The molecule has 8 aromatic rings. The van der Waals surface area contributed by atoms with Crippen LogP contribution in [0.5, 0.6) is 0 Å². The van der Waals surface area contributed by atoms with Gasteiger partial charge in [0.05, 0.1) is 0 Å². The van der Waals surface area contributed by atoms with Crippen LogP contribution >= 0.6 is 0 Å². The van der Waals surface area contributed by atoms with Gasteiger partial charge in [-0.25, -0.2) is 0 Å². The highest BCUT2D eigenvalue weighted by Crippen LogP contribution is 2.48. The van der Waals surface area contributed by atoms with Crippen LogP contribution in [0.2, 0.25) is 0 Å². The molecule has 0 N–H and O–H groups in total. The van der Waals surface area contributed by atoms with Crippen LogP contribution < -0.4 is 0 Å². The highest BCUT2D eigenvalue weighted by molar-refractivity contribution is 6.19. The first-order valence-corrected chi connectivity index (χ1v) is 18.8. The zero-order valence-electron chi connectivity index (χ0n) is 29.2. The van der Waals surface area contributed by atoms with Crippen molar-refractivity contribution >= 4 is 44.4 Å². The lowest BCUT2D eigenvalue weighted by atomic mass is 9.64. The van der Waals surface area contributed by atoms with Gasteiger partial charge < -0.3 is 4.42 Å². The molecule has 53 heavy (non-hydrogen) atoms. The van der Waals surface area contributed by atoms with Gasteiger partial charge in [0.15, 0.2) is 0 Å². The third-order valence-electron chi connectivity index (χ3n) is 11.8. The van der Waals surface area contributed by atoms with Gasteiger partial charge in [-0.05, 0) is 109 Å². The van der Waals surface area contributed by atoms with E-state index in [9.17, 15) is 0 Å². The lowest BCUT2D eigenvalue weighted by molar-refractivity contribution is 0.365. The molecule has 0 fully saturated rings.